The number of nitrogens with one attached hydrogen (secondary N) is 1. The second-order valence-electron chi connectivity index (χ2n) is 6.82. The molecule has 0 aromatic heterocycles. The number of para-hydroxylation sites is 1. The lowest BCUT2D eigenvalue weighted by Gasteiger charge is -2.17. The van der Waals surface area contributed by atoms with Gasteiger partial charge in [-0.1, -0.05) is 66.2 Å². The van der Waals surface area contributed by atoms with Crippen LogP contribution >= 0.6 is 11.6 Å². The van der Waals surface area contributed by atoms with Gasteiger partial charge >= 0.3 is 0 Å². The molecule has 0 fully saturated rings. The van der Waals surface area contributed by atoms with E-state index >= 15 is 0 Å². The molecular formula is C25H21ClFNO2. The first-order valence-electron chi connectivity index (χ1n) is 9.60. The van der Waals surface area contributed by atoms with E-state index in [2.05, 4.69) is 23.5 Å². The number of hydrogen-bond acceptors (Lipinski definition) is 3. The second kappa shape index (κ2) is 9.06. The molecule has 30 heavy (non-hydrogen) atoms. The van der Waals surface area contributed by atoms with E-state index in [4.69, 9.17) is 21.1 Å². The lowest BCUT2D eigenvalue weighted by atomic mass is 10.1. The Balaban J connectivity index is 1.59. The van der Waals surface area contributed by atoms with Crippen LogP contribution in [0, 0.1) is 5.82 Å². The molecule has 4 rings (SSSR count). The van der Waals surface area contributed by atoms with Crippen LogP contribution in [0.5, 0.6) is 11.5 Å². The highest BCUT2D eigenvalue weighted by molar-refractivity contribution is 6.31. The normalized spacial score (nSPS) is 10.8. The smallest absolute Gasteiger partial charge is 0.166 e. The predicted octanol–water partition coefficient (Wildman–Crippen LogP) is 6.83. The molecule has 0 unspecified atom stereocenters. The average Bonchev–Trinajstić information content (AvgIpc) is 2.77. The highest BCUT2D eigenvalue weighted by atomic mass is 35.5. The molecule has 1 N–H and O–H groups in total. The van der Waals surface area contributed by atoms with E-state index in [-0.39, 0.29) is 6.61 Å². The van der Waals surface area contributed by atoms with Gasteiger partial charge in [0.25, 0.3) is 0 Å². The molecule has 3 nitrogen and oxygen atoms in total. The number of benzene rings is 4. The molecule has 152 valence electrons. The van der Waals surface area contributed by atoms with E-state index in [1.54, 1.807) is 19.2 Å². The molecule has 0 heterocycles. The Hall–Kier alpha value is -3.24. The van der Waals surface area contributed by atoms with Gasteiger partial charge in [0.15, 0.2) is 11.5 Å². The number of ether oxygens (including phenoxy) is 2. The SMILES string of the molecule is COc1cccc(CNc2cccc3ccccc23)c1OCc1c(F)cccc1Cl. The maximum Gasteiger partial charge on any atom is 0.166 e. The van der Waals surface area contributed by atoms with E-state index in [1.165, 1.54) is 11.5 Å². The fourth-order valence-electron chi connectivity index (χ4n) is 3.41. The first kappa shape index (κ1) is 20.0. The summed E-state index contributed by atoms with van der Waals surface area (Å²) in [5.74, 6) is 0.750. The maximum absolute atomic E-state index is 14.1. The third-order valence-electron chi connectivity index (χ3n) is 4.96. The van der Waals surface area contributed by atoms with Gasteiger partial charge in [-0.3, -0.25) is 0 Å². The quantitative estimate of drug-likeness (QED) is 0.354. The Morgan fingerprint density at radius 2 is 1.67 bits per heavy atom. The van der Waals surface area contributed by atoms with E-state index in [0.29, 0.717) is 28.6 Å². The molecule has 4 aromatic rings. The minimum Gasteiger partial charge on any atom is -0.493 e. The lowest BCUT2D eigenvalue weighted by molar-refractivity contribution is 0.277. The van der Waals surface area contributed by atoms with Crippen LogP contribution in [-0.2, 0) is 13.2 Å². The summed E-state index contributed by atoms with van der Waals surface area (Å²) in [7, 11) is 1.58. The predicted molar refractivity (Wildman–Crippen MR) is 120 cm³/mol. The highest BCUT2D eigenvalue weighted by Crippen LogP contribution is 2.34. The van der Waals surface area contributed by atoms with E-state index in [0.717, 1.165) is 16.6 Å². The van der Waals surface area contributed by atoms with Crippen LogP contribution in [0.1, 0.15) is 11.1 Å². The van der Waals surface area contributed by atoms with Crippen LogP contribution < -0.4 is 14.8 Å². The van der Waals surface area contributed by atoms with Crippen LogP contribution in [0.3, 0.4) is 0 Å². The first-order chi connectivity index (χ1) is 14.7. The Labute approximate surface area is 180 Å². The van der Waals surface area contributed by atoms with Crippen molar-refractivity contribution in [3.8, 4) is 11.5 Å². The van der Waals surface area contributed by atoms with Gasteiger partial charge in [0.2, 0.25) is 0 Å². The number of halogens is 2. The van der Waals surface area contributed by atoms with Gasteiger partial charge in [0.1, 0.15) is 12.4 Å². The first-order valence-corrected chi connectivity index (χ1v) is 9.98. The molecule has 0 aliphatic carbocycles. The lowest BCUT2D eigenvalue weighted by Crippen LogP contribution is -2.06. The van der Waals surface area contributed by atoms with Crippen molar-refractivity contribution in [2.45, 2.75) is 13.2 Å². The molecule has 0 aliphatic heterocycles. The minimum absolute atomic E-state index is 0.00709. The van der Waals surface area contributed by atoms with E-state index in [1.807, 2.05) is 42.5 Å². The molecule has 4 aromatic carbocycles. The number of hydrogen-bond donors (Lipinski definition) is 1. The largest absolute Gasteiger partial charge is 0.493 e. The van der Waals surface area contributed by atoms with Crippen LogP contribution in [0.25, 0.3) is 10.8 Å². The van der Waals surface area contributed by atoms with Crippen molar-refractivity contribution in [3.63, 3.8) is 0 Å². The van der Waals surface area contributed by atoms with Crippen molar-refractivity contribution < 1.29 is 13.9 Å². The van der Waals surface area contributed by atoms with Crippen LogP contribution in [0.2, 0.25) is 5.02 Å². The van der Waals surface area contributed by atoms with Crippen molar-refractivity contribution in [2.24, 2.45) is 0 Å². The van der Waals surface area contributed by atoms with Gasteiger partial charge in [-0.2, -0.15) is 0 Å². The summed E-state index contributed by atoms with van der Waals surface area (Å²) >= 11 is 6.14. The van der Waals surface area contributed by atoms with Gasteiger partial charge < -0.3 is 14.8 Å². The molecule has 0 radical (unpaired) electrons. The third kappa shape index (κ3) is 4.19. The van der Waals surface area contributed by atoms with Crippen LogP contribution in [0.15, 0.2) is 78.9 Å². The van der Waals surface area contributed by atoms with Gasteiger partial charge in [-0.05, 0) is 29.7 Å². The van der Waals surface area contributed by atoms with Gasteiger partial charge in [-0.25, -0.2) is 4.39 Å². The van der Waals surface area contributed by atoms with Crippen LogP contribution in [-0.4, -0.2) is 7.11 Å². The zero-order chi connectivity index (χ0) is 20.9. The summed E-state index contributed by atoms with van der Waals surface area (Å²) in [4.78, 5) is 0. The summed E-state index contributed by atoms with van der Waals surface area (Å²) in [6.45, 7) is 0.526. The molecule has 0 amide bonds. The standard InChI is InChI=1S/C25H21ClFNO2/c1-29-24-14-5-9-18(25(24)30-16-20-21(26)11-6-12-22(20)27)15-28-23-13-4-8-17-7-2-3-10-19(17)23/h2-14,28H,15-16H2,1H3. The molecular weight excluding hydrogens is 401 g/mol. The van der Waals surface area contributed by atoms with E-state index < -0.39 is 5.82 Å². The molecule has 0 aliphatic rings. The molecule has 5 heteroatoms. The van der Waals surface area contributed by atoms with Crippen molar-refractivity contribution in [3.05, 3.63) is 101 Å². The maximum atomic E-state index is 14.1. The van der Waals surface area contributed by atoms with Gasteiger partial charge in [0.05, 0.1) is 12.1 Å². The summed E-state index contributed by atoms with van der Waals surface area (Å²) in [5, 5.41) is 6.12. The van der Waals surface area contributed by atoms with Crippen molar-refractivity contribution in [1.29, 1.82) is 0 Å². The molecule has 0 saturated carbocycles. The number of methoxy groups -OCH3 is 1. The van der Waals surface area contributed by atoms with Crippen LogP contribution in [0.4, 0.5) is 10.1 Å². The highest BCUT2D eigenvalue weighted by Gasteiger charge is 2.14. The van der Waals surface area contributed by atoms with Crippen molar-refractivity contribution >= 4 is 28.1 Å². The fraction of sp³-hybridized carbons (Fsp3) is 0.120. The molecule has 0 atom stereocenters. The zero-order valence-corrected chi connectivity index (χ0v) is 17.2. The Morgan fingerprint density at radius 1 is 0.900 bits per heavy atom. The second-order valence-corrected chi connectivity index (χ2v) is 7.22. The van der Waals surface area contributed by atoms with Crippen molar-refractivity contribution in [2.75, 3.05) is 12.4 Å². The molecule has 0 spiro atoms. The Morgan fingerprint density at radius 3 is 2.50 bits per heavy atom. The third-order valence-corrected chi connectivity index (χ3v) is 5.32. The topological polar surface area (TPSA) is 30.5 Å². The Bertz CT molecular complexity index is 1150. The Kier molecular flexibility index (Phi) is 6.05. The number of anilines is 1. The van der Waals surface area contributed by atoms with Crippen molar-refractivity contribution in [1.82, 2.24) is 0 Å². The summed E-state index contributed by atoms with van der Waals surface area (Å²) in [6.07, 6.45) is 0. The zero-order valence-electron chi connectivity index (χ0n) is 16.5. The summed E-state index contributed by atoms with van der Waals surface area (Å²) < 4.78 is 25.6. The number of rotatable bonds is 7. The fourth-order valence-corrected chi connectivity index (χ4v) is 3.63. The molecule has 0 saturated heterocycles. The monoisotopic (exact) mass is 421 g/mol. The summed E-state index contributed by atoms with van der Waals surface area (Å²) in [6, 6.07) is 24.6. The average molecular weight is 422 g/mol. The molecule has 0 bridgehead atoms. The summed E-state index contributed by atoms with van der Waals surface area (Å²) in [5.41, 5.74) is 2.24. The van der Waals surface area contributed by atoms with Gasteiger partial charge in [0, 0.05) is 28.7 Å². The minimum atomic E-state index is -0.396. The number of fused-ring (bicyclic) bond motifs is 1. The van der Waals surface area contributed by atoms with Gasteiger partial charge in [-0.15, -0.1) is 0 Å². The van der Waals surface area contributed by atoms with E-state index in [9.17, 15) is 4.39 Å².